The van der Waals surface area contributed by atoms with Gasteiger partial charge in [-0.05, 0) is 66.7 Å². The number of methoxy groups -OCH3 is 1. The second-order valence-corrected chi connectivity index (χ2v) is 6.30. The van der Waals surface area contributed by atoms with E-state index in [1.807, 2.05) is 24.3 Å². The first kappa shape index (κ1) is 19.4. The minimum absolute atomic E-state index is 0.165. The van der Waals surface area contributed by atoms with Crippen molar-refractivity contribution < 1.29 is 19.1 Å². The number of benzene rings is 3. The second-order valence-electron chi connectivity index (χ2n) is 5.86. The van der Waals surface area contributed by atoms with Crippen molar-refractivity contribution in [1.29, 1.82) is 0 Å². The largest absolute Gasteiger partial charge is 0.496 e. The van der Waals surface area contributed by atoms with Crippen LogP contribution in [0.15, 0.2) is 78.9 Å². The molecular formula is C23H17ClO4. The van der Waals surface area contributed by atoms with Gasteiger partial charge in [0, 0.05) is 16.1 Å². The maximum atomic E-state index is 12.4. The van der Waals surface area contributed by atoms with Gasteiger partial charge in [-0.1, -0.05) is 29.8 Å². The summed E-state index contributed by atoms with van der Waals surface area (Å²) in [5, 5.41) is 0.542. The molecule has 0 bridgehead atoms. The van der Waals surface area contributed by atoms with E-state index >= 15 is 0 Å². The van der Waals surface area contributed by atoms with Crippen molar-refractivity contribution in [2.24, 2.45) is 0 Å². The minimum atomic E-state index is -0.494. The Morgan fingerprint density at radius 1 is 0.857 bits per heavy atom. The Bertz CT molecular complexity index is 1010. The standard InChI is InChI=1S/C23H17ClO4/c1-27-22-5-3-2-4-17(22)10-15-21(25)16-8-13-20(14-9-16)28-23(26)18-6-11-19(24)12-7-18/h2-15H,1H3. The summed E-state index contributed by atoms with van der Waals surface area (Å²) in [6.07, 6.45) is 3.18. The van der Waals surface area contributed by atoms with Crippen molar-refractivity contribution in [2.75, 3.05) is 7.11 Å². The predicted octanol–water partition coefficient (Wildman–Crippen LogP) is 5.46. The van der Waals surface area contributed by atoms with Gasteiger partial charge in [-0.25, -0.2) is 4.79 Å². The van der Waals surface area contributed by atoms with E-state index < -0.39 is 5.97 Å². The van der Waals surface area contributed by atoms with Gasteiger partial charge in [-0.3, -0.25) is 4.79 Å². The van der Waals surface area contributed by atoms with E-state index in [2.05, 4.69) is 0 Å². The van der Waals surface area contributed by atoms with Gasteiger partial charge in [0.1, 0.15) is 11.5 Å². The van der Waals surface area contributed by atoms with Gasteiger partial charge in [0.05, 0.1) is 12.7 Å². The van der Waals surface area contributed by atoms with E-state index in [0.717, 1.165) is 5.56 Å². The molecule has 3 aromatic rings. The quantitative estimate of drug-likeness (QED) is 0.242. The zero-order chi connectivity index (χ0) is 19.9. The number of allylic oxidation sites excluding steroid dienone is 1. The van der Waals surface area contributed by atoms with Crippen LogP contribution in [0.2, 0.25) is 5.02 Å². The summed E-state index contributed by atoms with van der Waals surface area (Å²) in [6.45, 7) is 0. The van der Waals surface area contributed by atoms with Crippen LogP contribution in [0.3, 0.4) is 0 Å². The summed E-state index contributed by atoms with van der Waals surface area (Å²) < 4.78 is 10.6. The first-order chi connectivity index (χ1) is 13.6. The monoisotopic (exact) mass is 392 g/mol. The van der Waals surface area contributed by atoms with E-state index in [4.69, 9.17) is 21.1 Å². The molecule has 0 atom stereocenters. The minimum Gasteiger partial charge on any atom is -0.496 e. The Morgan fingerprint density at radius 3 is 2.18 bits per heavy atom. The molecule has 0 fully saturated rings. The number of rotatable bonds is 6. The molecule has 0 saturated heterocycles. The van der Waals surface area contributed by atoms with E-state index in [0.29, 0.717) is 27.6 Å². The van der Waals surface area contributed by atoms with Gasteiger partial charge in [0.25, 0.3) is 0 Å². The van der Waals surface area contributed by atoms with Crippen molar-refractivity contribution in [2.45, 2.75) is 0 Å². The van der Waals surface area contributed by atoms with E-state index in [1.165, 1.54) is 6.08 Å². The van der Waals surface area contributed by atoms with Crippen LogP contribution in [0.1, 0.15) is 26.3 Å². The van der Waals surface area contributed by atoms with Crippen LogP contribution in [0.25, 0.3) is 6.08 Å². The van der Waals surface area contributed by atoms with Crippen molar-refractivity contribution in [3.05, 3.63) is 101 Å². The summed E-state index contributed by atoms with van der Waals surface area (Å²) in [5.74, 6) is 0.384. The molecule has 140 valence electrons. The fraction of sp³-hybridized carbons (Fsp3) is 0.0435. The van der Waals surface area contributed by atoms with E-state index in [1.54, 1.807) is 61.7 Å². The van der Waals surface area contributed by atoms with Crippen LogP contribution >= 0.6 is 11.6 Å². The lowest BCUT2D eigenvalue weighted by molar-refractivity contribution is 0.0734. The van der Waals surface area contributed by atoms with E-state index in [9.17, 15) is 9.59 Å². The number of esters is 1. The van der Waals surface area contributed by atoms with Crippen LogP contribution in [0.4, 0.5) is 0 Å². The van der Waals surface area contributed by atoms with Crippen molar-refractivity contribution >= 4 is 29.4 Å². The summed E-state index contributed by atoms with van der Waals surface area (Å²) in [6, 6.07) is 20.2. The van der Waals surface area contributed by atoms with Crippen LogP contribution in [-0.4, -0.2) is 18.9 Å². The Hall–Kier alpha value is -3.37. The number of hydrogen-bond donors (Lipinski definition) is 0. The smallest absolute Gasteiger partial charge is 0.343 e. The number of carbonyl (C=O) groups excluding carboxylic acids is 2. The molecule has 3 aromatic carbocycles. The number of ether oxygens (including phenoxy) is 2. The zero-order valence-electron chi connectivity index (χ0n) is 15.1. The molecule has 0 radical (unpaired) electrons. The molecule has 4 nitrogen and oxygen atoms in total. The summed E-state index contributed by atoms with van der Waals surface area (Å²) in [5.41, 5.74) is 1.69. The van der Waals surface area contributed by atoms with E-state index in [-0.39, 0.29) is 5.78 Å². The average Bonchev–Trinajstić information content (AvgIpc) is 2.73. The summed E-state index contributed by atoms with van der Waals surface area (Å²) in [7, 11) is 1.58. The number of ketones is 1. The van der Waals surface area contributed by atoms with Gasteiger partial charge < -0.3 is 9.47 Å². The van der Waals surface area contributed by atoms with Gasteiger partial charge >= 0.3 is 5.97 Å². The van der Waals surface area contributed by atoms with Gasteiger partial charge in [-0.15, -0.1) is 0 Å². The van der Waals surface area contributed by atoms with Crippen LogP contribution < -0.4 is 9.47 Å². The van der Waals surface area contributed by atoms with Crippen molar-refractivity contribution in [3.63, 3.8) is 0 Å². The molecule has 0 saturated carbocycles. The lowest BCUT2D eigenvalue weighted by Gasteiger charge is -2.05. The van der Waals surface area contributed by atoms with Gasteiger partial charge in [-0.2, -0.15) is 0 Å². The highest BCUT2D eigenvalue weighted by Gasteiger charge is 2.09. The summed E-state index contributed by atoms with van der Waals surface area (Å²) in [4.78, 5) is 24.5. The second kappa shape index (κ2) is 9.02. The average molecular weight is 393 g/mol. The molecule has 28 heavy (non-hydrogen) atoms. The number of hydrogen-bond acceptors (Lipinski definition) is 4. The van der Waals surface area contributed by atoms with Crippen LogP contribution in [0, 0.1) is 0 Å². The highest BCUT2D eigenvalue weighted by Crippen LogP contribution is 2.20. The Labute approximate surface area is 168 Å². The lowest BCUT2D eigenvalue weighted by Crippen LogP contribution is -2.08. The molecule has 3 rings (SSSR count). The first-order valence-electron chi connectivity index (χ1n) is 8.50. The van der Waals surface area contributed by atoms with Gasteiger partial charge in [0.15, 0.2) is 5.78 Å². The highest BCUT2D eigenvalue weighted by molar-refractivity contribution is 6.30. The third kappa shape index (κ3) is 4.87. The molecule has 0 aliphatic carbocycles. The molecule has 0 N–H and O–H groups in total. The molecule has 0 spiro atoms. The molecule has 0 unspecified atom stereocenters. The molecule has 0 aliphatic heterocycles. The fourth-order valence-electron chi connectivity index (χ4n) is 2.50. The maximum Gasteiger partial charge on any atom is 0.343 e. The molecule has 0 aliphatic rings. The Kier molecular flexibility index (Phi) is 6.25. The fourth-order valence-corrected chi connectivity index (χ4v) is 2.63. The maximum absolute atomic E-state index is 12.4. The number of halogens is 1. The van der Waals surface area contributed by atoms with Gasteiger partial charge in [0.2, 0.25) is 0 Å². The third-order valence-electron chi connectivity index (χ3n) is 3.98. The topological polar surface area (TPSA) is 52.6 Å². The SMILES string of the molecule is COc1ccccc1C=CC(=O)c1ccc(OC(=O)c2ccc(Cl)cc2)cc1. The Morgan fingerprint density at radius 2 is 1.50 bits per heavy atom. The molecule has 5 heteroatoms. The normalized spacial score (nSPS) is 10.6. The molecular weight excluding hydrogens is 376 g/mol. The first-order valence-corrected chi connectivity index (χ1v) is 8.88. The van der Waals surface area contributed by atoms with Crippen LogP contribution in [0.5, 0.6) is 11.5 Å². The summed E-state index contributed by atoms with van der Waals surface area (Å²) >= 11 is 5.81. The molecule has 0 aromatic heterocycles. The Balaban J connectivity index is 1.66. The van der Waals surface area contributed by atoms with Crippen molar-refractivity contribution in [1.82, 2.24) is 0 Å². The zero-order valence-corrected chi connectivity index (χ0v) is 15.8. The predicted molar refractivity (Wildman–Crippen MR) is 109 cm³/mol. The third-order valence-corrected chi connectivity index (χ3v) is 4.23. The lowest BCUT2D eigenvalue weighted by atomic mass is 10.1. The number of para-hydroxylation sites is 1. The van der Waals surface area contributed by atoms with Crippen molar-refractivity contribution in [3.8, 4) is 11.5 Å². The molecule has 0 amide bonds. The molecule has 0 heterocycles. The van der Waals surface area contributed by atoms with Crippen LogP contribution in [-0.2, 0) is 0 Å². The highest BCUT2D eigenvalue weighted by atomic mass is 35.5. The number of carbonyl (C=O) groups is 2.